The molecule has 1 N–H and O–H groups in total. The second-order valence-corrected chi connectivity index (χ2v) is 6.36. The maximum Gasteiger partial charge on any atom is 0.573 e. The van der Waals surface area contributed by atoms with E-state index in [4.69, 9.17) is 0 Å². The van der Waals surface area contributed by atoms with Gasteiger partial charge in [0.15, 0.2) is 0 Å². The summed E-state index contributed by atoms with van der Waals surface area (Å²) in [5, 5.41) is 3.53. The van der Waals surface area contributed by atoms with Crippen LogP contribution in [0.25, 0.3) is 0 Å². The smallest absolute Gasteiger partial charge is 0.406 e. The SMILES string of the molecule is CC1(C)CCCCC1NCc1ccc(OC(F)(F)F)cc1. The zero-order valence-corrected chi connectivity index (χ0v) is 12.5. The summed E-state index contributed by atoms with van der Waals surface area (Å²) < 4.78 is 40.1. The molecule has 1 aromatic carbocycles. The van der Waals surface area contributed by atoms with Gasteiger partial charge in [0.2, 0.25) is 0 Å². The highest BCUT2D eigenvalue weighted by atomic mass is 19.4. The number of rotatable bonds is 4. The average molecular weight is 301 g/mol. The third-order valence-electron chi connectivity index (χ3n) is 4.22. The number of hydrogen-bond acceptors (Lipinski definition) is 2. The Balaban J connectivity index is 1.89. The van der Waals surface area contributed by atoms with Gasteiger partial charge in [-0.15, -0.1) is 13.2 Å². The Hall–Kier alpha value is -1.23. The molecule has 118 valence electrons. The fourth-order valence-electron chi connectivity index (χ4n) is 2.92. The maximum atomic E-state index is 12.1. The van der Waals surface area contributed by atoms with Gasteiger partial charge in [0.25, 0.3) is 0 Å². The first-order chi connectivity index (χ1) is 9.76. The van der Waals surface area contributed by atoms with Crippen LogP contribution in [0.2, 0.25) is 0 Å². The normalized spacial score (nSPS) is 22.0. The lowest BCUT2D eigenvalue weighted by Gasteiger charge is -2.39. The highest BCUT2D eigenvalue weighted by Crippen LogP contribution is 2.35. The van der Waals surface area contributed by atoms with Crippen molar-refractivity contribution < 1.29 is 17.9 Å². The fourth-order valence-corrected chi connectivity index (χ4v) is 2.92. The van der Waals surface area contributed by atoms with E-state index in [1.807, 2.05) is 0 Å². The number of ether oxygens (including phenoxy) is 1. The topological polar surface area (TPSA) is 21.3 Å². The van der Waals surface area contributed by atoms with Crippen LogP contribution in [0, 0.1) is 5.41 Å². The van der Waals surface area contributed by atoms with Crippen molar-refractivity contribution in [3.05, 3.63) is 29.8 Å². The molecule has 5 heteroatoms. The van der Waals surface area contributed by atoms with Crippen LogP contribution in [0.1, 0.15) is 45.1 Å². The van der Waals surface area contributed by atoms with Gasteiger partial charge in [0.1, 0.15) is 5.75 Å². The molecule has 1 fully saturated rings. The summed E-state index contributed by atoms with van der Waals surface area (Å²) in [5.41, 5.74) is 1.24. The quantitative estimate of drug-likeness (QED) is 0.874. The van der Waals surface area contributed by atoms with Crippen LogP contribution in [-0.2, 0) is 6.54 Å². The van der Waals surface area contributed by atoms with Gasteiger partial charge in [-0.25, -0.2) is 0 Å². The van der Waals surface area contributed by atoms with Crippen LogP contribution >= 0.6 is 0 Å². The summed E-state index contributed by atoms with van der Waals surface area (Å²) >= 11 is 0. The van der Waals surface area contributed by atoms with Crippen molar-refractivity contribution in [2.24, 2.45) is 5.41 Å². The van der Waals surface area contributed by atoms with Crippen molar-refractivity contribution in [2.45, 2.75) is 58.5 Å². The van der Waals surface area contributed by atoms with Gasteiger partial charge in [-0.05, 0) is 36.0 Å². The van der Waals surface area contributed by atoms with Crippen molar-refractivity contribution in [1.82, 2.24) is 5.32 Å². The first-order valence-corrected chi connectivity index (χ1v) is 7.34. The number of alkyl halides is 3. The highest BCUT2D eigenvalue weighted by molar-refractivity contribution is 5.27. The molecular formula is C16H22F3NO. The third-order valence-corrected chi connectivity index (χ3v) is 4.22. The van der Waals surface area contributed by atoms with Crippen molar-refractivity contribution in [1.29, 1.82) is 0 Å². The van der Waals surface area contributed by atoms with Crippen LogP contribution in [0.5, 0.6) is 5.75 Å². The lowest BCUT2D eigenvalue weighted by atomic mass is 9.73. The average Bonchev–Trinajstić information content (AvgIpc) is 2.37. The Bertz CT molecular complexity index is 454. The maximum absolute atomic E-state index is 12.1. The highest BCUT2D eigenvalue weighted by Gasteiger charge is 2.32. The van der Waals surface area contributed by atoms with Gasteiger partial charge in [-0.2, -0.15) is 0 Å². The van der Waals surface area contributed by atoms with Gasteiger partial charge in [0.05, 0.1) is 0 Å². The summed E-state index contributed by atoms with van der Waals surface area (Å²) in [7, 11) is 0. The molecule has 0 heterocycles. The second kappa shape index (κ2) is 6.26. The minimum atomic E-state index is -4.63. The number of benzene rings is 1. The molecule has 2 nitrogen and oxygen atoms in total. The van der Waals surface area contributed by atoms with Crippen LogP contribution in [0.4, 0.5) is 13.2 Å². The van der Waals surface area contributed by atoms with Gasteiger partial charge in [0, 0.05) is 12.6 Å². The molecular weight excluding hydrogens is 279 g/mol. The Morgan fingerprint density at radius 2 is 1.86 bits per heavy atom. The van der Waals surface area contributed by atoms with Crippen LogP contribution in [0.3, 0.4) is 0 Å². The molecule has 0 radical (unpaired) electrons. The zero-order valence-electron chi connectivity index (χ0n) is 12.5. The van der Waals surface area contributed by atoms with E-state index in [1.54, 1.807) is 12.1 Å². The summed E-state index contributed by atoms with van der Waals surface area (Å²) in [4.78, 5) is 0. The molecule has 0 amide bonds. The largest absolute Gasteiger partial charge is 0.573 e. The summed E-state index contributed by atoms with van der Waals surface area (Å²) in [6.45, 7) is 5.20. The monoisotopic (exact) mass is 301 g/mol. The Kier molecular flexibility index (Phi) is 4.81. The molecule has 0 aromatic heterocycles. The number of halogens is 3. The van der Waals surface area contributed by atoms with Crippen LogP contribution < -0.4 is 10.1 Å². The van der Waals surface area contributed by atoms with Gasteiger partial charge in [-0.3, -0.25) is 0 Å². The molecule has 1 aliphatic rings. The minimum absolute atomic E-state index is 0.177. The number of nitrogens with one attached hydrogen (secondary N) is 1. The predicted octanol–water partition coefficient (Wildman–Crippen LogP) is 4.64. The molecule has 1 aliphatic carbocycles. The first kappa shape index (κ1) is 16.1. The summed E-state index contributed by atoms with van der Waals surface area (Å²) in [6, 6.07) is 6.51. The second-order valence-electron chi connectivity index (χ2n) is 6.36. The molecule has 0 bridgehead atoms. The lowest BCUT2D eigenvalue weighted by Crippen LogP contribution is -2.43. The Morgan fingerprint density at radius 1 is 1.19 bits per heavy atom. The van der Waals surface area contributed by atoms with Crippen LogP contribution in [0.15, 0.2) is 24.3 Å². The molecule has 1 aromatic rings. The van der Waals surface area contributed by atoms with Crippen LogP contribution in [-0.4, -0.2) is 12.4 Å². The van der Waals surface area contributed by atoms with Crippen molar-refractivity contribution >= 4 is 0 Å². The molecule has 1 atom stereocenters. The molecule has 21 heavy (non-hydrogen) atoms. The standard InChI is InChI=1S/C16H22F3NO/c1-15(2)10-4-3-5-14(15)20-11-12-6-8-13(9-7-12)21-16(17,18)19/h6-9,14,20H,3-5,10-11H2,1-2H3. The van der Waals surface area contributed by atoms with Crippen molar-refractivity contribution in [3.63, 3.8) is 0 Å². The fraction of sp³-hybridized carbons (Fsp3) is 0.625. The van der Waals surface area contributed by atoms with E-state index in [1.165, 1.54) is 31.4 Å². The van der Waals surface area contributed by atoms with Gasteiger partial charge >= 0.3 is 6.36 Å². The predicted molar refractivity (Wildman–Crippen MR) is 76.0 cm³/mol. The van der Waals surface area contributed by atoms with Crippen molar-refractivity contribution in [2.75, 3.05) is 0 Å². The van der Waals surface area contributed by atoms with E-state index >= 15 is 0 Å². The summed E-state index contributed by atoms with van der Waals surface area (Å²) in [6.07, 6.45) is 0.241. The zero-order chi connectivity index (χ0) is 15.5. The van der Waals surface area contributed by atoms with E-state index < -0.39 is 6.36 Å². The van der Waals surface area contributed by atoms with E-state index in [2.05, 4.69) is 23.9 Å². The first-order valence-electron chi connectivity index (χ1n) is 7.34. The lowest BCUT2D eigenvalue weighted by molar-refractivity contribution is -0.274. The van der Waals surface area contributed by atoms with E-state index in [-0.39, 0.29) is 11.2 Å². The van der Waals surface area contributed by atoms with E-state index in [0.29, 0.717) is 12.6 Å². The molecule has 0 saturated heterocycles. The Morgan fingerprint density at radius 3 is 2.43 bits per heavy atom. The summed E-state index contributed by atoms with van der Waals surface area (Å²) in [5.74, 6) is -0.177. The molecule has 1 saturated carbocycles. The van der Waals surface area contributed by atoms with Gasteiger partial charge in [-0.1, -0.05) is 38.8 Å². The third kappa shape index (κ3) is 4.92. The van der Waals surface area contributed by atoms with Crippen molar-refractivity contribution in [3.8, 4) is 5.75 Å². The molecule has 0 aliphatic heterocycles. The Labute approximate surface area is 123 Å². The minimum Gasteiger partial charge on any atom is -0.406 e. The molecule has 2 rings (SSSR count). The molecule has 0 spiro atoms. The van der Waals surface area contributed by atoms with Gasteiger partial charge < -0.3 is 10.1 Å². The van der Waals surface area contributed by atoms with E-state index in [9.17, 15) is 13.2 Å². The molecule has 1 unspecified atom stereocenters. The number of hydrogen-bond donors (Lipinski definition) is 1. The van der Waals surface area contributed by atoms with E-state index in [0.717, 1.165) is 12.0 Å².